The molecule has 0 fully saturated rings. The smallest absolute Gasteiger partial charge is 0.265 e. The summed E-state index contributed by atoms with van der Waals surface area (Å²) in [4.78, 5) is 12.8. The normalized spacial score (nSPS) is 11.1. The van der Waals surface area contributed by atoms with Crippen molar-refractivity contribution >= 4 is 54.6 Å². The molecule has 1 aromatic heterocycles. The van der Waals surface area contributed by atoms with Crippen LogP contribution in [0.3, 0.4) is 0 Å². The average Bonchev–Trinajstić information content (AvgIpc) is 3.18. The number of anilines is 2. The van der Waals surface area contributed by atoms with Crippen LogP contribution in [0.2, 0.25) is 0 Å². The second kappa shape index (κ2) is 8.76. The number of amides is 1. The monoisotopic (exact) mass is 480 g/mol. The van der Waals surface area contributed by atoms with Gasteiger partial charge in [0.05, 0.1) is 17.2 Å². The first-order valence-electron chi connectivity index (χ1n) is 8.29. The molecule has 0 unspecified atom stereocenters. The predicted octanol–water partition coefficient (Wildman–Crippen LogP) is 4.96. The SMILES string of the molecule is CCOc1ccc(Br)cc1S(=O)(=O)Nc1cccc(NC(=O)c2cccs2)c1. The third-order valence-electron chi connectivity index (χ3n) is 3.61. The maximum atomic E-state index is 12.9. The summed E-state index contributed by atoms with van der Waals surface area (Å²) in [6.07, 6.45) is 0. The largest absolute Gasteiger partial charge is 0.492 e. The predicted molar refractivity (Wildman–Crippen MR) is 115 cm³/mol. The van der Waals surface area contributed by atoms with Gasteiger partial charge in [0.2, 0.25) is 0 Å². The molecule has 1 heterocycles. The maximum absolute atomic E-state index is 12.9. The summed E-state index contributed by atoms with van der Waals surface area (Å²) in [6, 6.07) is 14.8. The van der Waals surface area contributed by atoms with Crippen molar-refractivity contribution in [2.75, 3.05) is 16.6 Å². The van der Waals surface area contributed by atoms with Crippen LogP contribution in [0.5, 0.6) is 5.75 Å². The molecular weight excluding hydrogens is 464 g/mol. The highest BCUT2D eigenvalue weighted by Crippen LogP contribution is 2.29. The van der Waals surface area contributed by atoms with E-state index in [9.17, 15) is 13.2 Å². The van der Waals surface area contributed by atoms with Gasteiger partial charge in [-0.25, -0.2) is 8.42 Å². The van der Waals surface area contributed by atoms with Crippen molar-refractivity contribution < 1.29 is 17.9 Å². The Hall–Kier alpha value is -2.36. The van der Waals surface area contributed by atoms with Crippen LogP contribution in [0.1, 0.15) is 16.6 Å². The van der Waals surface area contributed by atoms with Gasteiger partial charge in [-0.15, -0.1) is 11.3 Å². The first-order chi connectivity index (χ1) is 13.4. The summed E-state index contributed by atoms with van der Waals surface area (Å²) in [5.41, 5.74) is 0.810. The van der Waals surface area contributed by atoms with Crippen molar-refractivity contribution in [1.29, 1.82) is 0 Å². The first-order valence-corrected chi connectivity index (χ1v) is 11.4. The van der Waals surface area contributed by atoms with Crippen molar-refractivity contribution in [3.63, 3.8) is 0 Å². The number of thiophene rings is 1. The van der Waals surface area contributed by atoms with Gasteiger partial charge in [0.25, 0.3) is 15.9 Å². The van der Waals surface area contributed by atoms with Gasteiger partial charge in [0.15, 0.2) is 0 Å². The molecular formula is C19H17BrN2O4S2. The number of sulfonamides is 1. The average molecular weight is 481 g/mol. The molecule has 6 nitrogen and oxygen atoms in total. The molecule has 0 spiro atoms. The van der Waals surface area contributed by atoms with Crippen molar-refractivity contribution in [2.24, 2.45) is 0 Å². The molecule has 1 amide bonds. The van der Waals surface area contributed by atoms with E-state index in [1.807, 2.05) is 5.38 Å². The zero-order valence-corrected chi connectivity index (χ0v) is 18.0. The van der Waals surface area contributed by atoms with Gasteiger partial charge in [-0.05, 0) is 54.8 Å². The number of hydrogen-bond donors (Lipinski definition) is 2. The molecule has 0 atom stereocenters. The Labute approximate surface area is 175 Å². The van der Waals surface area contributed by atoms with Crippen LogP contribution < -0.4 is 14.8 Å². The van der Waals surface area contributed by atoms with Gasteiger partial charge < -0.3 is 10.1 Å². The highest BCUT2D eigenvalue weighted by Gasteiger charge is 2.20. The van der Waals surface area contributed by atoms with E-state index < -0.39 is 10.0 Å². The van der Waals surface area contributed by atoms with Gasteiger partial charge in [0.1, 0.15) is 10.6 Å². The Bertz CT molecular complexity index is 1080. The standard InChI is InChI=1S/C19H17BrN2O4S2/c1-2-26-16-9-8-13(20)11-18(16)28(24,25)22-15-6-3-5-14(12-15)21-19(23)17-7-4-10-27-17/h3-12,22H,2H2,1H3,(H,21,23). The Kier molecular flexibility index (Phi) is 6.38. The lowest BCUT2D eigenvalue weighted by Gasteiger charge is -2.14. The lowest BCUT2D eigenvalue weighted by Crippen LogP contribution is -2.15. The lowest BCUT2D eigenvalue weighted by molar-refractivity contribution is 0.103. The molecule has 0 radical (unpaired) electrons. The van der Waals surface area contributed by atoms with E-state index in [0.29, 0.717) is 27.3 Å². The van der Waals surface area contributed by atoms with E-state index in [-0.39, 0.29) is 16.6 Å². The number of benzene rings is 2. The summed E-state index contributed by atoms with van der Waals surface area (Å²) in [5.74, 6) is 0.0148. The Morgan fingerprint density at radius 3 is 2.61 bits per heavy atom. The van der Waals surface area contributed by atoms with E-state index in [1.54, 1.807) is 55.5 Å². The van der Waals surface area contributed by atoms with Crippen molar-refractivity contribution in [1.82, 2.24) is 0 Å². The summed E-state index contributed by atoms with van der Waals surface area (Å²) in [7, 11) is -3.89. The number of nitrogens with one attached hydrogen (secondary N) is 2. The molecule has 3 aromatic rings. The first kappa shape index (κ1) is 20.4. The molecule has 3 rings (SSSR count). The maximum Gasteiger partial charge on any atom is 0.265 e. The molecule has 0 aliphatic rings. The van der Waals surface area contributed by atoms with Gasteiger partial charge in [-0.3, -0.25) is 9.52 Å². The number of carbonyl (C=O) groups is 1. The summed E-state index contributed by atoms with van der Waals surface area (Å²) >= 11 is 4.62. The second-order valence-electron chi connectivity index (χ2n) is 5.64. The van der Waals surface area contributed by atoms with Gasteiger partial charge in [-0.1, -0.05) is 28.1 Å². The van der Waals surface area contributed by atoms with Crippen LogP contribution in [0.15, 0.2) is 69.3 Å². The molecule has 9 heteroatoms. The molecule has 0 saturated carbocycles. The third kappa shape index (κ3) is 4.92. The highest BCUT2D eigenvalue weighted by molar-refractivity contribution is 9.10. The van der Waals surface area contributed by atoms with E-state index in [0.717, 1.165) is 0 Å². The minimum absolute atomic E-state index is 0.0248. The minimum atomic E-state index is -3.89. The number of hydrogen-bond acceptors (Lipinski definition) is 5. The van der Waals surface area contributed by atoms with Crippen LogP contribution in [-0.4, -0.2) is 20.9 Å². The lowest BCUT2D eigenvalue weighted by atomic mass is 10.3. The highest BCUT2D eigenvalue weighted by atomic mass is 79.9. The van der Waals surface area contributed by atoms with Crippen LogP contribution >= 0.6 is 27.3 Å². The fourth-order valence-corrected chi connectivity index (χ4v) is 4.79. The second-order valence-corrected chi connectivity index (χ2v) is 9.16. The molecule has 146 valence electrons. The van der Waals surface area contributed by atoms with Gasteiger partial charge in [0, 0.05) is 10.2 Å². The fraction of sp³-hybridized carbons (Fsp3) is 0.105. The summed E-state index contributed by atoms with van der Waals surface area (Å²) < 4.78 is 34.3. The van der Waals surface area contributed by atoms with E-state index in [1.165, 1.54) is 17.4 Å². The minimum Gasteiger partial charge on any atom is -0.492 e. The Balaban J connectivity index is 1.83. The summed E-state index contributed by atoms with van der Waals surface area (Å²) in [6.45, 7) is 2.13. The Morgan fingerprint density at radius 2 is 1.89 bits per heavy atom. The van der Waals surface area contributed by atoms with Crippen molar-refractivity contribution in [3.8, 4) is 5.75 Å². The van der Waals surface area contributed by atoms with Gasteiger partial charge in [-0.2, -0.15) is 0 Å². The van der Waals surface area contributed by atoms with Crippen LogP contribution in [0.25, 0.3) is 0 Å². The number of carbonyl (C=O) groups excluding carboxylic acids is 1. The van der Waals surface area contributed by atoms with Crippen LogP contribution in [0, 0.1) is 0 Å². The molecule has 0 saturated heterocycles. The number of halogens is 1. The number of rotatable bonds is 7. The van der Waals surface area contributed by atoms with E-state index in [2.05, 4.69) is 26.0 Å². The van der Waals surface area contributed by atoms with Crippen molar-refractivity contribution in [3.05, 3.63) is 69.3 Å². The van der Waals surface area contributed by atoms with E-state index in [4.69, 9.17) is 4.74 Å². The number of ether oxygens (including phenoxy) is 1. The third-order valence-corrected chi connectivity index (χ3v) is 6.38. The van der Waals surface area contributed by atoms with Crippen LogP contribution in [0.4, 0.5) is 11.4 Å². The van der Waals surface area contributed by atoms with Crippen LogP contribution in [-0.2, 0) is 10.0 Å². The molecule has 2 aromatic carbocycles. The summed E-state index contributed by atoms with van der Waals surface area (Å²) in [5, 5.41) is 4.57. The fourth-order valence-electron chi connectivity index (χ4n) is 2.44. The zero-order chi connectivity index (χ0) is 20.1. The van der Waals surface area contributed by atoms with Crippen molar-refractivity contribution in [2.45, 2.75) is 11.8 Å². The quantitative estimate of drug-likeness (QED) is 0.500. The molecule has 28 heavy (non-hydrogen) atoms. The van der Waals surface area contributed by atoms with E-state index >= 15 is 0 Å². The Morgan fingerprint density at radius 1 is 1.11 bits per heavy atom. The molecule has 0 bridgehead atoms. The molecule has 0 aliphatic carbocycles. The molecule has 0 aliphatic heterocycles. The van der Waals surface area contributed by atoms with Gasteiger partial charge >= 0.3 is 0 Å². The topological polar surface area (TPSA) is 84.5 Å². The molecule has 2 N–H and O–H groups in total. The zero-order valence-electron chi connectivity index (χ0n) is 14.8.